The highest BCUT2D eigenvalue weighted by atomic mass is 16.4. The number of nitrogens with one attached hydrogen (secondary N) is 1. The molecule has 0 bridgehead atoms. The largest absolute Gasteiger partial charge is 0.480 e. The minimum Gasteiger partial charge on any atom is -0.480 e. The molecule has 1 unspecified atom stereocenters. The van der Waals surface area contributed by atoms with Crippen LogP contribution >= 0.6 is 0 Å². The van der Waals surface area contributed by atoms with E-state index in [9.17, 15) is 14.7 Å². The Labute approximate surface area is 95.8 Å². The standard InChI is InChI=1S/C11H20N2O3/c1-7(2)8(9(14)15)13-6-5-12-10(16)11(13,3)4/h7-8H,5-6H2,1-4H3,(H,12,16)(H,14,15). The van der Waals surface area contributed by atoms with Gasteiger partial charge >= 0.3 is 5.97 Å². The average Bonchev–Trinajstić information content (AvgIpc) is 2.12. The predicted molar refractivity (Wildman–Crippen MR) is 60.1 cm³/mol. The first-order valence-electron chi connectivity index (χ1n) is 5.56. The molecule has 1 saturated heterocycles. The van der Waals surface area contributed by atoms with Crippen LogP contribution in [0.2, 0.25) is 0 Å². The van der Waals surface area contributed by atoms with E-state index in [1.165, 1.54) is 0 Å². The Balaban J connectivity index is 2.99. The summed E-state index contributed by atoms with van der Waals surface area (Å²) in [5, 5.41) is 12.0. The summed E-state index contributed by atoms with van der Waals surface area (Å²) in [7, 11) is 0. The summed E-state index contributed by atoms with van der Waals surface area (Å²) in [5.41, 5.74) is -0.758. The van der Waals surface area contributed by atoms with Crippen LogP contribution in [0.4, 0.5) is 0 Å². The molecule has 1 amide bonds. The van der Waals surface area contributed by atoms with Gasteiger partial charge in [0.15, 0.2) is 0 Å². The van der Waals surface area contributed by atoms with Crippen LogP contribution in [0.3, 0.4) is 0 Å². The molecule has 2 N–H and O–H groups in total. The quantitative estimate of drug-likeness (QED) is 0.729. The predicted octanol–water partition coefficient (Wildman–Crippen LogP) is 0.306. The van der Waals surface area contributed by atoms with Crippen molar-refractivity contribution in [3.05, 3.63) is 0 Å². The number of hydrogen-bond donors (Lipinski definition) is 2. The summed E-state index contributed by atoms with van der Waals surface area (Å²) in [6, 6.07) is -0.610. The van der Waals surface area contributed by atoms with E-state index in [1.54, 1.807) is 18.7 Å². The molecule has 5 heteroatoms. The van der Waals surface area contributed by atoms with Crippen molar-refractivity contribution in [3.63, 3.8) is 0 Å². The summed E-state index contributed by atoms with van der Waals surface area (Å²) >= 11 is 0. The Morgan fingerprint density at radius 3 is 2.50 bits per heavy atom. The van der Waals surface area contributed by atoms with Gasteiger partial charge in [0.2, 0.25) is 5.91 Å². The highest BCUT2D eigenvalue weighted by Gasteiger charge is 2.44. The molecule has 1 heterocycles. The second kappa shape index (κ2) is 4.41. The molecule has 92 valence electrons. The van der Waals surface area contributed by atoms with Crippen LogP contribution in [0.25, 0.3) is 0 Å². The van der Waals surface area contributed by atoms with E-state index < -0.39 is 17.6 Å². The van der Waals surface area contributed by atoms with Gasteiger partial charge in [-0.25, -0.2) is 0 Å². The van der Waals surface area contributed by atoms with Gasteiger partial charge < -0.3 is 10.4 Å². The van der Waals surface area contributed by atoms with Crippen molar-refractivity contribution in [2.24, 2.45) is 5.92 Å². The second-order valence-electron chi connectivity index (χ2n) is 5.04. The lowest BCUT2D eigenvalue weighted by Gasteiger charge is -2.45. The Morgan fingerprint density at radius 2 is 2.06 bits per heavy atom. The SMILES string of the molecule is CC(C)C(C(=O)O)N1CCNC(=O)C1(C)C. The number of rotatable bonds is 3. The van der Waals surface area contributed by atoms with E-state index in [4.69, 9.17) is 0 Å². The molecule has 1 atom stereocenters. The Kier molecular flexibility index (Phi) is 3.57. The molecule has 0 aromatic heterocycles. The molecular formula is C11H20N2O3. The Morgan fingerprint density at radius 1 is 1.50 bits per heavy atom. The summed E-state index contributed by atoms with van der Waals surface area (Å²) in [6.07, 6.45) is 0. The fourth-order valence-corrected chi connectivity index (χ4v) is 2.18. The monoisotopic (exact) mass is 228 g/mol. The topological polar surface area (TPSA) is 69.6 Å². The van der Waals surface area contributed by atoms with Gasteiger partial charge in [-0.3, -0.25) is 14.5 Å². The normalized spacial score (nSPS) is 22.9. The third-order valence-corrected chi connectivity index (χ3v) is 3.13. The molecule has 1 aliphatic rings. The summed E-state index contributed by atoms with van der Waals surface area (Å²) in [6.45, 7) is 8.34. The minimum atomic E-state index is -0.863. The van der Waals surface area contributed by atoms with Gasteiger partial charge in [-0.05, 0) is 19.8 Å². The maximum absolute atomic E-state index is 11.7. The number of carbonyl (C=O) groups is 2. The fourth-order valence-electron chi connectivity index (χ4n) is 2.18. The van der Waals surface area contributed by atoms with Crippen LogP contribution in [0.15, 0.2) is 0 Å². The van der Waals surface area contributed by atoms with Gasteiger partial charge in [0.05, 0.1) is 5.54 Å². The van der Waals surface area contributed by atoms with E-state index in [2.05, 4.69) is 5.32 Å². The first-order valence-corrected chi connectivity index (χ1v) is 5.56. The molecule has 0 aromatic carbocycles. The number of hydrogen-bond acceptors (Lipinski definition) is 3. The molecule has 0 saturated carbocycles. The van der Waals surface area contributed by atoms with E-state index in [0.717, 1.165) is 0 Å². The molecule has 0 aliphatic carbocycles. The zero-order chi connectivity index (χ0) is 12.5. The van der Waals surface area contributed by atoms with Crippen LogP contribution in [0, 0.1) is 5.92 Å². The zero-order valence-corrected chi connectivity index (χ0v) is 10.3. The molecule has 1 fully saturated rings. The third-order valence-electron chi connectivity index (χ3n) is 3.13. The van der Waals surface area contributed by atoms with Gasteiger partial charge in [0.1, 0.15) is 6.04 Å². The minimum absolute atomic E-state index is 0.0253. The average molecular weight is 228 g/mol. The van der Waals surface area contributed by atoms with E-state index in [-0.39, 0.29) is 11.8 Å². The molecule has 0 spiro atoms. The van der Waals surface area contributed by atoms with E-state index in [0.29, 0.717) is 13.1 Å². The summed E-state index contributed by atoms with van der Waals surface area (Å²) in [4.78, 5) is 24.8. The van der Waals surface area contributed by atoms with E-state index >= 15 is 0 Å². The number of nitrogens with zero attached hydrogens (tertiary/aromatic N) is 1. The molecule has 1 rings (SSSR count). The van der Waals surface area contributed by atoms with Gasteiger partial charge in [-0.1, -0.05) is 13.8 Å². The maximum atomic E-state index is 11.7. The first kappa shape index (κ1) is 13.0. The van der Waals surface area contributed by atoms with Crippen molar-refractivity contribution in [1.29, 1.82) is 0 Å². The van der Waals surface area contributed by atoms with Crippen molar-refractivity contribution < 1.29 is 14.7 Å². The van der Waals surface area contributed by atoms with Crippen LogP contribution in [0.1, 0.15) is 27.7 Å². The Hall–Kier alpha value is -1.10. The third kappa shape index (κ3) is 2.19. The first-order chi connectivity index (χ1) is 7.28. The number of carbonyl (C=O) groups excluding carboxylic acids is 1. The van der Waals surface area contributed by atoms with Gasteiger partial charge in [-0.15, -0.1) is 0 Å². The molecule has 1 aliphatic heterocycles. The highest BCUT2D eigenvalue weighted by molar-refractivity contribution is 5.87. The van der Waals surface area contributed by atoms with Crippen molar-refractivity contribution in [3.8, 4) is 0 Å². The summed E-state index contributed by atoms with van der Waals surface area (Å²) in [5.74, 6) is -0.994. The molecule has 0 radical (unpaired) electrons. The number of aliphatic carboxylic acids is 1. The number of amides is 1. The molecule has 0 aromatic rings. The maximum Gasteiger partial charge on any atom is 0.321 e. The summed E-state index contributed by atoms with van der Waals surface area (Å²) < 4.78 is 0. The number of carboxylic acids is 1. The molecule has 5 nitrogen and oxygen atoms in total. The van der Waals surface area contributed by atoms with Crippen molar-refractivity contribution in [2.75, 3.05) is 13.1 Å². The van der Waals surface area contributed by atoms with Gasteiger partial charge in [0, 0.05) is 13.1 Å². The Bertz CT molecular complexity index is 300. The van der Waals surface area contributed by atoms with Crippen LogP contribution in [-0.2, 0) is 9.59 Å². The molecular weight excluding hydrogens is 208 g/mol. The smallest absolute Gasteiger partial charge is 0.321 e. The van der Waals surface area contributed by atoms with Gasteiger partial charge in [0.25, 0.3) is 0 Å². The lowest BCUT2D eigenvalue weighted by molar-refractivity contribution is -0.153. The lowest BCUT2D eigenvalue weighted by Crippen LogP contribution is -2.66. The lowest BCUT2D eigenvalue weighted by atomic mass is 9.92. The fraction of sp³-hybridized carbons (Fsp3) is 0.818. The van der Waals surface area contributed by atoms with Crippen LogP contribution < -0.4 is 5.32 Å². The van der Waals surface area contributed by atoms with Crippen LogP contribution in [-0.4, -0.2) is 46.6 Å². The van der Waals surface area contributed by atoms with Crippen LogP contribution in [0.5, 0.6) is 0 Å². The molecule has 16 heavy (non-hydrogen) atoms. The van der Waals surface area contributed by atoms with Crippen molar-refractivity contribution in [2.45, 2.75) is 39.3 Å². The second-order valence-corrected chi connectivity index (χ2v) is 5.04. The van der Waals surface area contributed by atoms with Crippen molar-refractivity contribution in [1.82, 2.24) is 10.2 Å². The number of carboxylic acid groups (broad SMARTS) is 1. The van der Waals surface area contributed by atoms with E-state index in [1.807, 2.05) is 13.8 Å². The number of piperazine rings is 1. The van der Waals surface area contributed by atoms with Crippen molar-refractivity contribution >= 4 is 11.9 Å². The van der Waals surface area contributed by atoms with Gasteiger partial charge in [-0.2, -0.15) is 0 Å². The highest BCUT2D eigenvalue weighted by Crippen LogP contribution is 2.24. The zero-order valence-electron chi connectivity index (χ0n) is 10.3.